The van der Waals surface area contributed by atoms with Crippen LogP contribution in [0.3, 0.4) is 0 Å². The molecule has 0 spiro atoms. The first kappa shape index (κ1) is 15.8. The van der Waals surface area contributed by atoms with Crippen molar-refractivity contribution in [1.29, 1.82) is 0 Å². The molecule has 1 aliphatic rings. The molecule has 2 aromatic rings. The van der Waals surface area contributed by atoms with E-state index < -0.39 is 11.4 Å². The molecule has 124 valence electrons. The van der Waals surface area contributed by atoms with Gasteiger partial charge in [0.2, 0.25) is 0 Å². The Balaban J connectivity index is 1.68. The maximum Gasteiger partial charge on any atom is 0.310 e. The minimum atomic E-state index is -0.752. The van der Waals surface area contributed by atoms with Crippen LogP contribution in [0.25, 0.3) is 11.0 Å². The molecule has 0 amide bonds. The summed E-state index contributed by atoms with van der Waals surface area (Å²) in [5.74, 6) is 0.134. The van der Waals surface area contributed by atoms with Gasteiger partial charge in [0.1, 0.15) is 0 Å². The Morgan fingerprint density at radius 3 is 2.65 bits per heavy atom. The zero-order chi connectivity index (χ0) is 16.6. The number of fused-ring (bicyclic) bond motifs is 1. The standard InChI is InChI=1S/C17H23N3O3/c1-12-4-5-13-14(10-12)23-18-15(13)20-8-6-19(7-9-20)11-17(2,3)16(21)22/h4-5,10H,6-9,11H2,1-3H3,(H,21,22). The lowest BCUT2D eigenvalue weighted by Gasteiger charge is -2.37. The van der Waals surface area contributed by atoms with Crippen molar-refractivity contribution in [2.45, 2.75) is 20.8 Å². The second-order valence-electron chi connectivity index (χ2n) is 6.96. The summed E-state index contributed by atoms with van der Waals surface area (Å²) in [5.41, 5.74) is 1.25. The van der Waals surface area contributed by atoms with Gasteiger partial charge < -0.3 is 14.5 Å². The molecule has 23 heavy (non-hydrogen) atoms. The molecule has 1 aromatic heterocycles. The third-order valence-corrected chi connectivity index (χ3v) is 4.48. The number of hydrogen-bond donors (Lipinski definition) is 1. The number of piperazine rings is 1. The number of carbonyl (C=O) groups is 1. The third kappa shape index (κ3) is 3.17. The normalized spacial score (nSPS) is 16.9. The summed E-state index contributed by atoms with van der Waals surface area (Å²) in [6, 6.07) is 6.11. The second kappa shape index (κ2) is 5.85. The Bertz CT molecular complexity index is 715. The average Bonchev–Trinajstić information content (AvgIpc) is 2.90. The highest BCUT2D eigenvalue weighted by Gasteiger charge is 2.31. The molecule has 0 bridgehead atoms. The molecule has 3 rings (SSSR count). The Morgan fingerprint density at radius 1 is 1.30 bits per heavy atom. The largest absolute Gasteiger partial charge is 0.481 e. The van der Waals surface area contributed by atoms with E-state index in [1.807, 2.05) is 13.0 Å². The molecule has 0 unspecified atom stereocenters. The van der Waals surface area contributed by atoms with Gasteiger partial charge in [0.05, 0.1) is 10.8 Å². The monoisotopic (exact) mass is 317 g/mol. The maximum absolute atomic E-state index is 11.3. The number of carboxylic acid groups (broad SMARTS) is 1. The summed E-state index contributed by atoms with van der Waals surface area (Å²) in [5, 5.41) is 14.5. The van der Waals surface area contributed by atoms with Crippen molar-refractivity contribution in [2.24, 2.45) is 5.41 Å². The first-order valence-electron chi connectivity index (χ1n) is 7.93. The van der Waals surface area contributed by atoms with Crippen LogP contribution in [0.1, 0.15) is 19.4 Å². The highest BCUT2D eigenvalue weighted by molar-refractivity contribution is 5.89. The lowest BCUT2D eigenvalue weighted by molar-refractivity contribution is -0.148. The van der Waals surface area contributed by atoms with Crippen molar-refractivity contribution in [3.63, 3.8) is 0 Å². The summed E-state index contributed by atoms with van der Waals surface area (Å²) in [4.78, 5) is 15.7. The van der Waals surface area contributed by atoms with Gasteiger partial charge >= 0.3 is 5.97 Å². The molecule has 6 nitrogen and oxygen atoms in total. The van der Waals surface area contributed by atoms with Crippen LogP contribution in [0.2, 0.25) is 0 Å². The number of benzene rings is 1. The van der Waals surface area contributed by atoms with Gasteiger partial charge in [-0.2, -0.15) is 0 Å². The van der Waals surface area contributed by atoms with E-state index >= 15 is 0 Å². The van der Waals surface area contributed by atoms with Gasteiger partial charge in [-0.3, -0.25) is 9.69 Å². The molecule has 1 saturated heterocycles. The van der Waals surface area contributed by atoms with Gasteiger partial charge in [-0.1, -0.05) is 11.2 Å². The van der Waals surface area contributed by atoms with Crippen LogP contribution in [0.15, 0.2) is 22.7 Å². The number of rotatable bonds is 4. The van der Waals surface area contributed by atoms with Crippen LogP contribution in [-0.4, -0.2) is 53.9 Å². The lowest BCUT2D eigenvalue weighted by atomic mass is 9.93. The Labute approximate surface area is 135 Å². The van der Waals surface area contributed by atoms with E-state index in [4.69, 9.17) is 4.52 Å². The second-order valence-corrected chi connectivity index (χ2v) is 6.96. The highest BCUT2D eigenvalue weighted by Crippen LogP contribution is 2.28. The zero-order valence-electron chi connectivity index (χ0n) is 13.9. The molecule has 1 aliphatic heterocycles. The Hall–Kier alpha value is -2.08. The fourth-order valence-corrected chi connectivity index (χ4v) is 3.00. The van der Waals surface area contributed by atoms with Gasteiger partial charge in [-0.05, 0) is 38.5 Å². The van der Waals surface area contributed by atoms with Crippen LogP contribution in [0.5, 0.6) is 0 Å². The molecule has 2 heterocycles. The van der Waals surface area contributed by atoms with E-state index in [1.54, 1.807) is 13.8 Å². The average molecular weight is 317 g/mol. The molecule has 0 saturated carbocycles. The molecule has 6 heteroatoms. The summed E-state index contributed by atoms with van der Waals surface area (Å²) in [6.45, 7) is 9.45. The van der Waals surface area contributed by atoms with Gasteiger partial charge in [0, 0.05) is 32.7 Å². The summed E-state index contributed by atoms with van der Waals surface area (Å²) < 4.78 is 5.44. The molecular weight excluding hydrogens is 294 g/mol. The summed E-state index contributed by atoms with van der Waals surface area (Å²) in [6.07, 6.45) is 0. The molecule has 1 fully saturated rings. The van der Waals surface area contributed by atoms with Gasteiger partial charge in [-0.15, -0.1) is 0 Å². The lowest BCUT2D eigenvalue weighted by Crippen LogP contribution is -2.50. The van der Waals surface area contributed by atoms with E-state index in [9.17, 15) is 9.90 Å². The quantitative estimate of drug-likeness (QED) is 0.933. The van der Waals surface area contributed by atoms with Crippen molar-refractivity contribution >= 4 is 22.8 Å². The first-order chi connectivity index (χ1) is 10.9. The third-order valence-electron chi connectivity index (χ3n) is 4.48. The fraction of sp³-hybridized carbons (Fsp3) is 0.529. The van der Waals surface area contributed by atoms with E-state index in [1.165, 1.54) is 0 Å². The van der Waals surface area contributed by atoms with Crippen LogP contribution in [0, 0.1) is 12.3 Å². The summed E-state index contributed by atoms with van der Waals surface area (Å²) >= 11 is 0. The zero-order valence-corrected chi connectivity index (χ0v) is 13.9. The van der Waals surface area contributed by atoms with Crippen molar-refractivity contribution in [3.8, 4) is 0 Å². The molecule has 1 aromatic carbocycles. The highest BCUT2D eigenvalue weighted by atomic mass is 16.5. The van der Waals surface area contributed by atoms with E-state index in [0.29, 0.717) is 6.54 Å². The van der Waals surface area contributed by atoms with E-state index in [0.717, 1.165) is 48.5 Å². The van der Waals surface area contributed by atoms with Gasteiger partial charge in [0.15, 0.2) is 11.4 Å². The van der Waals surface area contributed by atoms with Crippen LogP contribution in [0.4, 0.5) is 5.82 Å². The number of hydrogen-bond acceptors (Lipinski definition) is 5. The number of carboxylic acids is 1. The van der Waals surface area contributed by atoms with Crippen molar-refractivity contribution in [2.75, 3.05) is 37.6 Å². The fourth-order valence-electron chi connectivity index (χ4n) is 3.00. The SMILES string of the molecule is Cc1ccc2c(N3CCN(CC(C)(C)C(=O)O)CC3)noc2c1. The topological polar surface area (TPSA) is 69.8 Å². The maximum atomic E-state index is 11.3. The predicted octanol–water partition coefficient (Wildman–Crippen LogP) is 2.37. The van der Waals surface area contributed by atoms with Crippen LogP contribution < -0.4 is 4.90 Å². The number of aryl methyl sites for hydroxylation is 1. The first-order valence-corrected chi connectivity index (χ1v) is 7.93. The molecule has 1 N–H and O–H groups in total. The summed E-state index contributed by atoms with van der Waals surface area (Å²) in [7, 11) is 0. The van der Waals surface area contributed by atoms with Crippen LogP contribution in [-0.2, 0) is 4.79 Å². The molecule has 0 atom stereocenters. The number of anilines is 1. The Kier molecular flexibility index (Phi) is 4.02. The molecular formula is C17H23N3O3. The Morgan fingerprint density at radius 2 is 2.00 bits per heavy atom. The van der Waals surface area contributed by atoms with Crippen molar-refractivity contribution in [3.05, 3.63) is 23.8 Å². The predicted molar refractivity (Wildman–Crippen MR) is 88.8 cm³/mol. The number of aromatic nitrogens is 1. The van der Waals surface area contributed by atoms with Crippen molar-refractivity contribution < 1.29 is 14.4 Å². The minimum Gasteiger partial charge on any atom is -0.481 e. The van der Waals surface area contributed by atoms with Gasteiger partial charge in [-0.25, -0.2) is 0 Å². The number of nitrogens with zero attached hydrogens (tertiary/aromatic N) is 3. The van der Waals surface area contributed by atoms with Crippen molar-refractivity contribution in [1.82, 2.24) is 10.1 Å². The van der Waals surface area contributed by atoms with Crippen LogP contribution >= 0.6 is 0 Å². The number of aliphatic carboxylic acids is 1. The smallest absolute Gasteiger partial charge is 0.310 e. The molecule has 0 aliphatic carbocycles. The van der Waals surface area contributed by atoms with E-state index in [2.05, 4.69) is 27.1 Å². The van der Waals surface area contributed by atoms with E-state index in [-0.39, 0.29) is 0 Å². The minimum absolute atomic E-state index is 0.564. The molecule has 0 radical (unpaired) electrons. The van der Waals surface area contributed by atoms with Gasteiger partial charge in [0.25, 0.3) is 0 Å².